The molecule has 1 aliphatic heterocycles. The predicted octanol–water partition coefficient (Wildman–Crippen LogP) is 0.965. The molecule has 0 radical (unpaired) electrons. The van der Waals surface area contributed by atoms with Crippen molar-refractivity contribution in [1.29, 1.82) is 0 Å². The maximum absolute atomic E-state index is 5.55. The zero-order valence-corrected chi connectivity index (χ0v) is 8.11. The van der Waals surface area contributed by atoms with Gasteiger partial charge in [-0.15, -0.1) is 0 Å². The zero-order valence-electron chi connectivity index (χ0n) is 8.11. The number of ether oxygens (including phenoxy) is 2. The second-order valence-corrected chi connectivity index (χ2v) is 3.45. The smallest absolute Gasteiger partial charge is 0.119 e. The average molecular weight is 193 g/mol. The van der Waals surface area contributed by atoms with Crippen molar-refractivity contribution in [2.75, 3.05) is 19.8 Å². The van der Waals surface area contributed by atoms with E-state index >= 15 is 0 Å². The summed E-state index contributed by atoms with van der Waals surface area (Å²) in [5.74, 6) is 0.909. The van der Waals surface area contributed by atoms with Crippen molar-refractivity contribution in [1.82, 2.24) is 0 Å². The van der Waals surface area contributed by atoms with E-state index in [-0.39, 0.29) is 0 Å². The molecule has 2 rings (SSSR count). The molecular formula is C11H15NO2. The number of hydrogen-bond acceptors (Lipinski definition) is 3. The topological polar surface area (TPSA) is 47.8 Å². The summed E-state index contributed by atoms with van der Waals surface area (Å²) in [6.45, 7) is 2.17. The molecule has 1 aliphatic rings. The quantitative estimate of drug-likeness (QED) is 0.709. The van der Waals surface area contributed by atoms with Crippen LogP contribution in [0.25, 0.3) is 0 Å². The maximum atomic E-state index is 5.55. The second-order valence-electron chi connectivity index (χ2n) is 3.45. The monoisotopic (exact) mass is 193 g/mol. The molecule has 3 heteroatoms. The summed E-state index contributed by atoms with van der Waals surface area (Å²) in [4.78, 5) is 0. The van der Waals surface area contributed by atoms with Gasteiger partial charge in [0.25, 0.3) is 0 Å². The van der Waals surface area contributed by atoms with Crippen LogP contribution in [0, 0.1) is 0 Å². The highest BCUT2D eigenvalue weighted by molar-refractivity contribution is 5.28. The lowest BCUT2D eigenvalue weighted by Crippen LogP contribution is -2.05. The summed E-state index contributed by atoms with van der Waals surface area (Å²) in [6.07, 6.45) is 1.21. The summed E-state index contributed by atoms with van der Waals surface area (Å²) in [5.41, 5.74) is 6.71. The van der Waals surface area contributed by atoms with Gasteiger partial charge in [-0.2, -0.15) is 0 Å². The molecule has 0 aromatic heterocycles. The fourth-order valence-electron chi connectivity index (χ4n) is 1.31. The Kier molecular flexibility index (Phi) is 3.01. The minimum atomic E-state index is 0.313. The van der Waals surface area contributed by atoms with E-state index in [1.54, 1.807) is 0 Å². The van der Waals surface area contributed by atoms with Crippen LogP contribution in [-0.2, 0) is 11.2 Å². The van der Waals surface area contributed by atoms with Gasteiger partial charge in [0.1, 0.15) is 18.5 Å². The fraction of sp³-hybridized carbons (Fsp3) is 0.455. The van der Waals surface area contributed by atoms with Crippen molar-refractivity contribution < 1.29 is 9.47 Å². The third kappa shape index (κ3) is 2.72. The van der Waals surface area contributed by atoms with Gasteiger partial charge in [-0.25, -0.2) is 0 Å². The SMILES string of the molecule is NCCc1cccc(OCC2CO2)c1. The molecule has 14 heavy (non-hydrogen) atoms. The number of nitrogens with two attached hydrogens (primary N) is 1. The first-order valence-corrected chi connectivity index (χ1v) is 4.92. The molecule has 1 unspecified atom stereocenters. The van der Waals surface area contributed by atoms with Gasteiger partial charge >= 0.3 is 0 Å². The third-order valence-electron chi connectivity index (χ3n) is 2.17. The highest BCUT2D eigenvalue weighted by Crippen LogP contribution is 2.16. The number of hydrogen-bond donors (Lipinski definition) is 1. The molecule has 3 nitrogen and oxygen atoms in total. The lowest BCUT2D eigenvalue weighted by Gasteiger charge is -2.05. The van der Waals surface area contributed by atoms with Gasteiger partial charge in [0.15, 0.2) is 0 Å². The standard InChI is InChI=1S/C11H15NO2/c12-5-4-9-2-1-3-10(6-9)13-7-11-8-14-11/h1-3,6,11H,4-5,7-8,12H2. The molecular weight excluding hydrogens is 178 g/mol. The summed E-state index contributed by atoms with van der Waals surface area (Å²) in [5, 5.41) is 0. The molecule has 0 saturated carbocycles. The van der Waals surface area contributed by atoms with Crippen LogP contribution >= 0.6 is 0 Å². The fourth-order valence-corrected chi connectivity index (χ4v) is 1.31. The van der Waals surface area contributed by atoms with Crippen LogP contribution in [0.2, 0.25) is 0 Å². The molecule has 1 saturated heterocycles. The van der Waals surface area contributed by atoms with Crippen LogP contribution in [-0.4, -0.2) is 25.9 Å². The zero-order chi connectivity index (χ0) is 9.80. The van der Waals surface area contributed by atoms with Gasteiger partial charge in [-0.3, -0.25) is 0 Å². The van der Waals surface area contributed by atoms with Crippen molar-refractivity contribution in [2.24, 2.45) is 5.73 Å². The summed E-state index contributed by atoms with van der Waals surface area (Å²) in [7, 11) is 0. The van der Waals surface area contributed by atoms with E-state index in [2.05, 4.69) is 6.07 Å². The molecule has 76 valence electrons. The van der Waals surface area contributed by atoms with E-state index in [4.69, 9.17) is 15.2 Å². The van der Waals surface area contributed by atoms with Crippen LogP contribution in [0.3, 0.4) is 0 Å². The average Bonchev–Trinajstić information content (AvgIpc) is 2.99. The van der Waals surface area contributed by atoms with Crippen LogP contribution in [0.1, 0.15) is 5.56 Å². The third-order valence-corrected chi connectivity index (χ3v) is 2.17. The molecule has 1 fully saturated rings. The van der Waals surface area contributed by atoms with Gasteiger partial charge < -0.3 is 15.2 Å². The van der Waals surface area contributed by atoms with Crippen LogP contribution in [0.5, 0.6) is 5.75 Å². The van der Waals surface area contributed by atoms with Crippen molar-refractivity contribution in [3.63, 3.8) is 0 Å². The molecule has 0 spiro atoms. The molecule has 0 bridgehead atoms. The molecule has 2 N–H and O–H groups in total. The molecule has 1 aromatic carbocycles. The van der Waals surface area contributed by atoms with E-state index in [0.29, 0.717) is 19.3 Å². The highest BCUT2D eigenvalue weighted by atomic mass is 16.6. The van der Waals surface area contributed by atoms with E-state index in [1.807, 2.05) is 18.2 Å². The number of rotatable bonds is 5. The summed E-state index contributed by atoms with van der Waals surface area (Å²) in [6, 6.07) is 8.05. The Morgan fingerprint density at radius 3 is 3.07 bits per heavy atom. The Balaban J connectivity index is 1.90. The van der Waals surface area contributed by atoms with Crippen LogP contribution in [0.15, 0.2) is 24.3 Å². The maximum Gasteiger partial charge on any atom is 0.119 e. The van der Waals surface area contributed by atoms with E-state index in [1.165, 1.54) is 5.56 Å². The van der Waals surface area contributed by atoms with Gasteiger partial charge in [-0.05, 0) is 30.7 Å². The minimum absolute atomic E-state index is 0.313. The van der Waals surface area contributed by atoms with Gasteiger partial charge in [0.05, 0.1) is 6.61 Å². The Morgan fingerprint density at radius 2 is 2.36 bits per heavy atom. The van der Waals surface area contributed by atoms with Gasteiger partial charge in [-0.1, -0.05) is 12.1 Å². The first-order valence-electron chi connectivity index (χ1n) is 4.92. The van der Waals surface area contributed by atoms with Gasteiger partial charge in [0, 0.05) is 0 Å². The Hall–Kier alpha value is -1.06. The van der Waals surface area contributed by atoms with Crippen molar-refractivity contribution in [2.45, 2.75) is 12.5 Å². The van der Waals surface area contributed by atoms with E-state index < -0.39 is 0 Å². The van der Waals surface area contributed by atoms with Crippen LogP contribution in [0.4, 0.5) is 0 Å². The summed E-state index contributed by atoms with van der Waals surface area (Å²) >= 11 is 0. The molecule has 1 heterocycles. The Labute approximate surface area is 83.8 Å². The first-order chi connectivity index (χ1) is 6.88. The largest absolute Gasteiger partial charge is 0.491 e. The van der Waals surface area contributed by atoms with Crippen molar-refractivity contribution in [3.05, 3.63) is 29.8 Å². The Morgan fingerprint density at radius 1 is 1.50 bits per heavy atom. The molecule has 0 aliphatic carbocycles. The molecule has 1 aromatic rings. The second kappa shape index (κ2) is 4.44. The molecule has 0 amide bonds. The van der Waals surface area contributed by atoms with Crippen molar-refractivity contribution in [3.8, 4) is 5.75 Å². The minimum Gasteiger partial charge on any atom is -0.491 e. The normalized spacial score (nSPS) is 19.4. The van der Waals surface area contributed by atoms with E-state index in [9.17, 15) is 0 Å². The predicted molar refractivity (Wildman–Crippen MR) is 54.4 cm³/mol. The number of epoxide rings is 1. The summed E-state index contributed by atoms with van der Waals surface area (Å²) < 4.78 is 10.6. The lowest BCUT2D eigenvalue weighted by molar-refractivity contribution is 0.263. The van der Waals surface area contributed by atoms with Crippen molar-refractivity contribution >= 4 is 0 Å². The van der Waals surface area contributed by atoms with E-state index in [0.717, 1.165) is 18.8 Å². The van der Waals surface area contributed by atoms with Gasteiger partial charge in [0.2, 0.25) is 0 Å². The highest BCUT2D eigenvalue weighted by Gasteiger charge is 2.22. The Bertz CT molecular complexity index is 297. The van der Waals surface area contributed by atoms with Crippen LogP contribution < -0.4 is 10.5 Å². The molecule has 1 atom stereocenters. The first kappa shape index (κ1) is 9.49. The lowest BCUT2D eigenvalue weighted by atomic mass is 10.1. The number of benzene rings is 1.